The highest BCUT2D eigenvalue weighted by Gasteiger charge is 2.13. The molecule has 10 heavy (non-hydrogen) atoms. The molecule has 56 valence electrons. The number of carboxylic acid groups (broad SMARTS) is 1. The van der Waals surface area contributed by atoms with Crippen molar-refractivity contribution in [1.29, 1.82) is 0 Å². The second kappa shape index (κ2) is 3.94. The summed E-state index contributed by atoms with van der Waals surface area (Å²) in [5.41, 5.74) is 0. The van der Waals surface area contributed by atoms with Crippen molar-refractivity contribution in [1.82, 2.24) is 0 Å². The first-order chi connectivity index (χ1) is 4.57. The second-order valence-corrected chi connectivity index (χ2v) is 2.62. The minimum atomic E-state index is -0.823. The first-order valence-electron chi connectivity index (χ1n) is 3.25. The minimum absolute atomic E-state index is 0.0775. The van der Waals surface area contributed by atoms with Gasteiger partial charge in [0.15, 0.2) is 0 Å². The molecule has 0 amide bonds. The van der Waals surface area contributed by atoms with Crippen molar-refractivity contribution in [2.75, 3.05) is 0 Å². The molecule has 0 aliphatic heterocycles. The van der Waals surface area contributed by atoms with Gasteiger partial charge in [0.2, 0.25) is 0 Å². The van der Waals surface area contributed by atoms with Gasteiger partial charge in [-0.1, -0.05) is 13.8 Å². The third-order valence-corrected chi connectivity index (χ3v) is 1.41. The minimum Gasteiger partial charge on any atom is -0.481 e. The van der Waals surface area contributed by atoms with E-state index >= 15 is 0 Å². The maximum atomic E-state index is 10.2. The fourth-order valence-electron chi connectivity index (χ4n) is 0.675. The van der Waals surface area contributed by atoms with E-state index in [0.717, 1.165) is 0 Å². The Bertz CT molecular complexity index is 153. The van der Waals surface area contributed by atoms with E-state index in [1.807, 2.05) is 13.8 Å². The number of aliphatic carboxylic acids is 1. The molecule has 0 heterocycles. The van der Waals surface area contributed by atoms with E-state index in [1.54, 1.807) is 0 Å². The topological polar surface area (TPSA) is 37.3 Å². The number of carboxylic acids is 1. The molecule has 1 unspecified atom stereocenters. The van der Waals surface area contributed by atoms with Gasteiger partial charge < -0.3 is 5.11 Å². The summed E-state index contributed by atoms with van der Waals surface area (Å²) in [5, 5.41) is 8.37. The Morgan fingerprint density at radius 2 is 2.20 bits per heavy atom. The molecule has 0 aromatic carbocycles. The van der Waals surface area contributed by atoms with Crippen LogP contribution in [0.4, 0.5) is 0 Å². The van der Waals surface area contributed by atoms with Gasteiger partial charge in [-0.25, -0.2) is 0 Å². The van der Waals surface area contributed by atoms with Crippen LogP contribution in [0.2, 0.25) is 0 Å². The Morgan fingerprint density at radius 3 is 2.30 bits per heavy atom. The molecular weight excluding hydrogens is 128 g/mol. The van der Waals surface area contributed by atoms with Crippen LogP contribution in [0.3, 0.4) is 0 Å². The summed E-state index contributed by atoms with van der Waals surface area (Å²) in [6.45, 7) is 3.85. The molecule has 2 heteroatoms. The van der Waals surface area contributed by atoms with E-state index in [4.69, 9.17) is 11.5 Å². The van der Waals surface area contributed by atoms with E-state index in [9.17, 15) is 4.79 Å². The van der Waals surface area contributed by atoms with Crippen LogP contribution in [-0.2, 0) is 4.79 Å². The second-order valence-electron chi connectivity index (χ2n) is 2.62. The molecule has 0 aliphatic rings. The largest absolute Gasteiger partial charge is 0.481 e. The van der Waals surface area contributed by atoms with Crippen molar-refractivity contribution in [2.24, 2.45) is 11.8 Å². The zero-order valence-electron chi connectivity index (χ0n) is 6.29. The number of terminal acetylenes is 1. The Kier molecular flexibility index (Phi) is 3.56. The van der Waals surface area contributed by atoms with Crippen molar-refractivity contribution in [3.8, 4) is 12.3 Å². The van der Waals surface area contributed by atoms with Crippen LogP contribution < -0.4 is 0 Å². The summed E-state index contributed by atoms with van der Waals surface area (Å²) in [7, 11) is 0. The SMILES string of the molecule is C#CC(CC(=O)O)C(C)C. The summed E-state index contributed by atoms with van der Waals surface area (Å²) in [6, 6.07) is 0. The molecule has 0 rings (SSSR count). The Labute approximate surface area is 61.2 Å². The molecule has 0 spiro atoms. The number of carbonyl (C=O) groups is 1. The van der Waals surface area contributed by atoms with E-state index in [0.29, 0.717) is 0 Å². The standard InChI is InChI=1S/C8H12O2/c1-4-7(6(2)3)5-8(9)10/h1,6-7H,5H2,2-3H3,(H,9,10). The van der Waals surface area contributed by atoms with Gasteiger partial charge in [-0.2, -0.15) is 0 Å². The van der Waals surface area contributed by atoms with Gasteiger partial charge in [0, 0.05) is 5.92 Å². The van der Waals surface area contributed by atoms with E-state index < -0.39 is 5.97 Å². The van der Waals surface area contributed by atoms with Crippen LogP contribution in [-0.4, -0.2) is 11.1 Å². The summed E-state index contributed by atoms with van der Waals surface area (Å²) < 4.78 is 0. The van der Waals surface area contributed by atoms with Gasteiger partial charge in [0.1, 0.15) is 0 Å². The lowest BCUT2D eigenvalue weighted by atomic mass is 9.94. The molecule has 0 aromatic heterocycles. The molecule has 2 nitrogen and oxygen atoms in total. The fourth-order valence-corrected chi connectivity index (χ4v) is 0.675. The fraction of sp³-hybridized carbons (Fsp3) is 0.625. The van der Waals surface area contributed by atoms with Crippen LogP contribution in [0.15, 0.2) is 0 Å². The molecule has 0 aromatic rings. The molecule has 0 radical (unpaired) electrons. The Hall–Kier alpha value is -0.970. The monoisotopic (exact) mass is 140 g/mol. The van der Waals surface area contributed by atoms with Gasteiger partial charge in [0.05, 0.1) is 6.42 Å². The maximum absolute atomic E-state index is 10.2. The van der Waals surface area contributed by atoms with E-state index in [2.05, 4.69) is 5.92 Å². The van der Waals surface area contributed by atoms with Crippen LogP contribution in [0.1, 0.15) is 20.3 Å². The molecule has 1 atom stereocenters. The smallest absolute Gasteiger partial charge is 0.304 e. The lowest BCUT2D eigenvalue weighted by Crippen LogP contribution is -2.11. The van der Waals surface area contributed by atoms with Gasteiger partial charge in [0.25, 0.3) is 0 Å². The van der Waals surface area contributed by atoms with E-state index in [-0.39, 0.29) is 18.3 Å². The van der Waals surface area contributed by atoms with Crippen LogP contribution in [0.5, 0.6) is 0 Å². The van der Waals surface area contributed by atoms with Gasteiger partial charge in [-0.3, -0.25) is 4.79 Å². The predicted octanol–water partition coefficient (Wildman–Crippen LogP) is 1.37. The average molecular weight is 140 g/mol. The van der Waals surface area contributed by atoms with Gasteiger partial charge in [-0.05, 0) is 5.92 Å². The summed E-state index contributed by atoms with van der Waals surface area (Å²) in [6.07, 6.45) is 5.19. The molecule has 0 fully saturated rings. The van der Waals surface area contributed by atoms with Crippen molar-refractivity contribution < 1.29 is 9.90 Å². The number of hydrogen-bond acceptors (Lipinski definition) is 1. The zero-order valence-corrected chi connectivity index (χ0v) is 6.29. The number of hydrogen-bond donors (Lipinski definition) is 1. The Morgan fingerprint density at radius 1 is 1.70 bits per heavy atom. The molecule has 0 aliphatic carbocycles. The average Bonchev–Trinajstić information content (AvgIpc) is 1.81. The third kappa shape index (κ3) is 3.13. The summed E-state index contributed by atoms with van der Waals surface area (Å²) in [5.74, 6) is 1.75. The zero-order chi connectivity index (χ0) is 8.15. The van der Waals surface area contributed by atoms with Crippen LogP contribution in [0.25, 0.3) is 0 Å². The summed E-state index contributed by atoms with van der Waals surface area (Å²) in [4.78, 5) is 10.2. The molecular formula is C8H12O2. The predicted molar refractivity (Wildman–Crippen MR) is 39.4 cm³/mol. The lowest BCUT2D eigenvalue weighted by molar-refractivity contribution is -0.137. The lowest BCUT2D eigenvalue weighted by Gasteiger charge is -2.10. The molecule has 1 N–H and O–H groups in total. The van der Waals surface area contributed by atoms with Crippen LogP contribution >= 0.6 is 0 Å². The highest BCUT2D eigenvalue weighted by Crippen LogP contribution is 2.13. The number of rotatable bonds is 3. The van der Waals surface area contributed by atoms with Gasteiger partial charge >= 0.3 is 5.97 Å². The molecule has 0 saturated heterocycles. The maximum Gasteiger partial charge on any atom is 0.304 e. The van der Waals surface area contributed by atoms with E-state index in [1.165, 1.54) is 0 Å². The normalized spacial score (nSPS) is 12.6. The third-order valence-electron chi connectivity index (χ3n) is 1.41. The quantitative estimate of drug-likeness (QED) is 0.601. The molecule has 0 saturated carbocycles. The first kappa shape index (κ1) is 9.03. The van der Waals surface area contributed by atoms with Crippen LogP contribution in [0, 0.1) is 24.2 Å². The highest BCUT2D eigenvalue weighted by molar-refractivity contribution is 5.67. The first-order valence-corrected chi connectivity index (χ1v) is 3.25. The highest BCUT2D eigenvalue weighted by atomic mass is 16.4. The Balaban J connectivity index is 3.87. The van der Waals surface area contributed by atoms with Crippen molar-refractivity contribution in [2.45, 2.75) is 20.3 Å². The van der Waals surface area contributed by atoms with Crippen molar-refractivity contribution in [3.05, 3.63) is 0 Å². The summed E-state index contributed by atoms with van der Waals surface area (Å²) >= 11 is 0. The van der Waals surface area contributed by atoms with Crippen molar-refractivity contribution in [3.63, 3.8) is 0 Å². The van der Waals surface area contributed by atoms with Gasteiger partial charge in [-0.15, -0.1) is 12.3 Å². The molecule has 0 bridgehead atoms. The van der Waals surface area contributed by atoms with Crippen molar-refractivity contribution >= 4 is 5.97 Å².